The molecule has 2 heterocycles. The Hall–Kier alpha value is -3.01. The lowest BCUT2D eigenvalue weighted by Gasteiger charge is -2.32. The summed E-state index contributed by atoms with van der Waals surface area (Å²) in [5.41, 5.74) is 1.57. The molecular weight excluding hydrogens is 398 g/mol. The number of ether oxygens (including phenoxy) is 2. The van der Waals surface area contributed by atoms with Gasteiger partial charge in [-0.15, -0.1) is 0 Å². The lowest BCUT2D eigenvalue weighted by molar-refractivity contribution is -0.139. The molecule has 1 aliphatic rings. The molecule has 10 heteroatoms. The number of nitrogens with one attached hydrogen (secondary N) is 1. The van der Waals surface area contributed by atoms with E-state index in [1.165, 1.54) is 13.0 Å². The summed E-state index contributed by atoms with van der Waals surface area (Å²) in [4.78, 5) is 24.9. The van der Waals surface area contributed by atoms with Crippen LogP contribution in [0.3, 0.4) is 0 Å². The average molecular weight is 422 g/mol. The number of amides is 2. The molecule has 1 fully saturated rings. The van der Waals surface area contributed by atoms with E-state index in [2.05, 4.69) is 10.4 Å². The molecule has 0 unspecified atom stereocenters. The van der Waals surface area contributed by atoms with E-state index in [-0.39, 0.29) is 36.8 Å². The van der Waals surface area contributed by atoms with Crippen molar-refractivity contribution in [3.8, 4) is 5.75 Å². The van der Waals surface area contributed by atoms with Gasteiger partial charge in [0.15, 0.2) is 11.6 Å². The summed E-state index contributed by atoms with van der Waals surface area (Å²) in [6.07, 6.45) is 0.132. The zero-order valence-electron chi connectivity index (χ0n) is 16.9. The second-order valence-corrected chi connectivity index (χ2v) is 6.97. The van der Waals surface area contributed by atoms with E-state index in [4.69, 9.17) is 9.47 Å². The second-order valence-electron chi connectivity index (χ2n) is 6.97. The van der Waals surface area contributed by atoms with Crippen LogP contribution in [0, 0.1) is 11.6 Å². The Bertz CT molecular complexity index is 918. The van der Waals surface area contributed by atoms with Gasteiger partial charge in [0.05, 0.1) is 32.0 Å². The third kappa shape index (κ3) is 5.53. The molecule has 162 valence electrons. The van der Waals surface area contributed by atoms with Gasteiger partial charge in [0.25, 0.3) is 0 Å². The summed E-state index contributed by atoms with van der Waals surface area (Å²) >= 11 is 0. The van der Waals surface area contributed by atoms with Crippen molar-refractivity contribution in [3.63, 3.8) is 0 Å². The van der Waals surface area contributed by atoms with Gasteiger partial charge in [-0.3, -0.25) is 14.3 Å². The predicted octanol–water partition coefficient (Wildman–Crippen LogP) is 1.36. The van der Waals surface area contributed by atoms with Crippen molar-refractivity contribution in [2.45, 2.75) is 19.4 Å². The molecule has 1 aliphatic heterocycles. The highest BCUT2D eigenvalue weighted by Gasteiger charge is 2.27. The zero-order chi connectivity index (χ0) is 21.7. The van der Waals surface area contributed by atoms with Crippen LogP contribution in [0.2, 0.25) is 0 Å². The summed E-state index contributed by atoms with van der Waals surface area (Å²) in [6.45, 7) is 2.76. The Morgan fingerprint density at radius 1 is 1.30 bits per heavy atom. The van der Waals surface area contributed by atoms with E-state index in [0.29, 0.717) is 31.8 Å². The highest BCUT2D eigenvalue weighted by molar-refractivity contribution is 5.83. The monoisotopic (exact) mass is 422 g/mol. The molecule has 0 saturated carbocycles. The number of carbonyl (C=O) groups excluding carboxylic acids is 2. The van der Waals surface area contributed by atoms with Crippen molar-refractivity contribution >= 4 is 11.8 Å². The van der Waals surface area contributed by atoms with E-state index in [9.17, 15) is 18.4 Å². The van der Waals surface area contributed by atoms with Gasteiger partial charge in [-0.25, -0.2) is 8.78 Å². The molecule has 1 atom stereocenters. The van der Waals surface area contributed by atoms with Gasteiger partial charge in [-0.1, -0.05) is 0 Å². The maximum Gasteiger partial charge on any atom is 0.242 e. The molecular formula is C20H24F2N4O4. The number of halogens is 2. The molecule has 0 bridgehead atoms. The minimum absolute atomic E-state index is 0.0448. The van der Waals surface area contributed by atoms with Crippen LogP contribution in [-0.4, -0.2) is 59.3 Å². The van der Waals surface area contributed by atoms with E-state index in [0.717, 1.165) is 17.8 Å². The Balaban J connectivity index is 1.56. The molecule has 8 nitrogen and oxygen atoms in total. The van der Waals surface area contributed by atoms with E-state index in [1.807, 2.05) is 6.07 Å². The number of hydrogen-bond acceptors (Lipinski definition) is 5. The molecule has 30 heavy (non-hydrogen) atoms. The maximum absolute atomic E-state index is 13.2. The second kappa shape index (κ2) is 9.66. The first kappa shape index (κ1) is 21.7. The minimum Gasteiger partial charge on any atom is -0.493 e. The molecule has 2 amide bonds. The first-order valence-corrected chi connectivity index (χ1v) is 9.58. The molecule has 1 N–H and O–H groups in total. The van der Waals surface area contributed by atoms with Gasteiger partial charge < -0.3 is 19.7 Å². The summed E-state index contributed by atoms with van der Waals surface area (Å²) in [7, 11) is 1.79. The van der Waals surface area contributed by atoms with Crippen molar-refractivity contribution in [3.05, 3.63) is 47.3 Å². The maximum atomic E-state index is 13.2. The molecule has 1 saturated heterocycles. The van der Waals surface area contributed by atoms with Crippen molar-refractivity contribution in [1.29, 1.82) is 0 Å². The Kier molecular flexibility index (Phi) is 6.99. The quantitative estimate of drug-likeness (QED) is 0.728. The number of nitrogens with zero attached hydrogens (tertiary/aromatic N) is 3. The lowest BCUT2D eigenvalue weighted by atomic mass is 10.2. The minimum atomic E-state index is -0.956. The van der Waals surface area contributed by atoms with Crippen LogP contribution >= 0.6 is 0 Å². The van der Waals surface area contributed by atoms with E-state index in [1.54, 1.807) is 16.6 Å². The average Bonchev–Trinajstić information content (AvgIpc) is 3.09. The number of rotatable bonds is 7. The number of benzene rings is 1. The van der Waals surface area contributed by atoms with Crippen LogP contribution in [0.15, 0.2) is 24.3 Å². The fourth-order valence-electron chi connectivity index (χ4n) is 3.13. The fourth-order valence-corrected chi connectivity index (χ4v) is 3.13. The van der Waals surface area contributed by atoms with Gasteiger partial charge in [0.2, 0.25) is 11.8 Å². The van der Waals surface area contributed by atoms with Crippen molar-refractivity contribution in [2.75, 3.05) is 32.8 Å². The predicted molar refractivity (Wildman–Crippen MR) is 103 cm³/mol. The van der Waals surface area contributed by atoms with Gasteiger partial charge in [0, 0.05) is 38.7 Å². The van der Waals surface area contributed by atoms with Crippen LogP contribution in [0.25, 0.3) is 0 Å². The highest BCUT2D eigenvalue weighted by atomic mass is 19.2. The Labute approximate surface area is 172 Å². The first-order chi connectivity index (χ1) is 14.3. The Morgan fingerprint density at radius 3 is 2.83 bits per heavy atom. The summed E-state index contributed by atoms with van der Waals surface area (Å²) in [5, 5.41) is 6.98. The van der Waals surface area contributed by atoms with Crippen LogP contribution in [0.5, 0.6) is 5.75 Å². The molecule has 0 radical (unpaired) electrons. The number of aromatic nitrogens is 2. The van der Waals surface area contributed by atoms with Crippen molar-refractivity contribution < 1.29 is 27.8 Å². The van der Waals surface area contributed by atoms with Gasteiger partial charge >= 0.3 is 0 Å². The normalized spacial score (nSPS) is 16.4. The van der Waals surface area contributed by atoms with Crippen molar-refractivity contribution in [1.82, 2.24) is 20.0 Å². The molecule has 2 aromatic rings. The molecule has 0 spiro atoms. The van der Waals surface area contributed by atoms with Gasteiger partial charge in [-0.2, -0.15) is 5.10 Å². The summed E-state index contributed by atoms with van der Waals surface area (Å²) in [5.74, 6) is -2.05. The SMILES string of the molecule is CC(=O)NCC(=O)N1CCO[C@H](c2cc(CCOc3ccc(F)c(F)c3)n(C)n2)C1. The van der Waals surface area contributed by atoms with Crippen molar-refractivity contribution in [2.24, 2.45) is 7.05 Å². The van der Waals surface area contributed by atoms with Gasteiger partial charge in [-0.05, 0) is 18.2 Å². The van der Waals surface area contributed by atoms with Gasteiger partial charge in [0.1, 0.15) is 11.9 Å². The Morgan fingerprint density at radius 2 is 2.10 bits per heavy atom. The number of carbonyl (C=O) groups is 2. The highest BCUT2D eigenvalue weighted by Crippen LogP contribution is 2.22. The third-order valence-electron chi connectivity index (χ3n) is 4.75. The molecule has 1 aromatic carbocycles. The molecule has 0 aliphatic carbocycles. The summed E-state index contributed by atoms with van der Waals surface area (Å²) in [6, 6.07) is 5.27. The van der Waals surface area contributed by atoms with E-state index >= 15 is 0 Å². The zero-order valence-corrected chi connectivity index (χ0v) is 16.9. The summed E-state index contributed by atoms with van der Waals surface area (Å²) < 4.78 is 39.2. The smallest absolute Gasteiger partial charge is 0.242 e. The van der Waals surface area contributed by atoms with Crippen LogP contribution in [-0.2, 0) is 27.8 Å². The topological polar surface area (TPSA) is 85.7 Å². The largest absolute Gasteiger partial charge is 0.493 e. The van der Waals surface area contributed by atoms with Crippen LogP contribution < -0.4 is 10.1 Å². The lowest BCUT2D eigenvalue weighted by Crippen LogP contribution is -2.46. The van der Waals surface area contributed by atoms with Crippen LogP contribution in [0.4, 0.5) is 8.78 Å². The molecule has 1 aromatic heterocycles. The fraction of sp³-hybridized carbons (Fsp3) is 0.450. The molecule has 3 rings (SSSR count). The third-order valence-corrected chi connectivity index (χ3v) is 4.75. The standard InChI is InChI=1S/C20H24F2N4O4/c1-13(27)23-11-20(28)26-6-8-30-19(12-26)18-9-14(25(2)24-18)5-7-29-15-3-4-16(21)17(22)10-15/h3-4,9-10,19H,5-8,11-12H2,1-2H3,(H,23,27)/t19-/m0/s1. The number of hydrogen-bond donors (Lipinski definition) is 1. The number of morpholine rings is 1. The number of aryl methyl sites for hydroxylation is 1. The first-order valence-electron chi connectivity index (χ1n) is 9.58. The van der Waals surface area contributed by atoms with E-state index < -0.39 is 11.6 Å². The van der Waals surface area contributed by atoms with Crippen LogP contribution in [0.1, 0.15) is 24.4 Å².